The molecule has 0 saturated heterocycles. The number of benzene rings is 1. The minimum Gasteiger partial charge on any atom is -0.466 e. The third kappa shape index (κ3) is 3.73. The lowest BCUT2D eigenvalue weighted by Crippen LogP contribution is -2.25. The SMILES string of the molecule is CC(=O)OCCCCn1c(Cn2c(=O)n(C3CC3)c3ccncc32)nc2ccccc21. The molecular formula is C23H25N5O3. The molecule has 31 heavy (non-hydrogen) atoms. The van der Waals surface area contributed by atoms with Gasteiger partial charge in [0, 0.05) is 25.7 Å². The molecule has 1 aromatic carbocycles. The van der Waals surface area contributed by atoms with Gasteiger partial charge in [0.25, 0.3) is 0 Å². The maximum atomic E-state index is 13.3. The quantitative estimate of drug-likeness (QED) is 0.323. The van der Waals surface area contributed by atoms with Crippen LogP contribution in [0.1, 0.15) is 44.5 Å². The van der Waals surface area contributed by atoms with Gasteiger partial charge in [0.15, 0.2) is 0 Å². The van der Waals surface area contributed by atoms with Crippen molar-refractivity contribution in [3.05, 3.63) is 59.0 Å². The Morgan fingerprint density at radius 1 is 1.10 bits per heavy atom. The molecule has 0 aliphatic heterocycles. The zero-order valence-corrected chi connectivity index (χ0v) is 17.5. The highest BCUT2D eigenvalue weighted by Crippen LogP contribution is 2.36. The van der Waals surface area contributed by atoms with Gasteiger partial charge in [-0.15, -0.1) is 0 Å². The van der Waals surface area contributed by atoms with Crippen LogP contribution in [-0.4, -0.2) is 36.2 Å². The molecule has 0 spiro atoms. The van der Waals surface area contributed by atoms with Crippen molar-refractivity contribution < 1.29 is 9.53 Å². The first-order chi connectivity index (χ1) is 15.1. The van der Waals surface area contributed by atoms with E-state index in [-0.39, 0.29) is 11.7 Å². The minimum absolute atomic E-state index is 0.000959. The summed E-state index contributed by atoms with van der Waals surface area (Å²) < 4.78 is 10.9. The van der Waals surface area contributed by atoms with E-state index in [0.29, 0.717) is 19.2 Å². The Labute approximate surface area is 179 Å². The highest BCUT2D eigenvalue weighted by molar-refractivity contribution is 5.77. The van der Waals surface area contributed by atoms with Crippen molar-refractivity contribution in [3.63, 3.8) is 0 Å². The van der Waals surface area contributed by atoms with E-state index in [9.17, 15) is 9.59 Å². The van der Waals surface area contributed by atoms with Crippen LogP contribution >= 0.6 is 0 Å². The molecule has 0 atom stereocenters. The van der Waals surface area contributed by atoms with Gasteiger partial charge >= 0.3 is 11.7 Å². The van der Waals surface area contributed by atoms with Crippen molar-refractivity contribution in [2.45, 2.75) is 51.7 Å². The van der Waals surface area contributed by atoms with Gasteiger partial charge in [0.05, 0.1) is 41.4 Å². The first kappa shape index (κ1) is 19.5. The normalized spacial score (nSPS) is 13.8. The summed E-state index contributed by atoms with van der Waals surface area (Å²) in [6.07, 6.45) is 7.22. The number of fused-ring (bicyclic) bond motifs is 2. The molecule has 1 aliphatic rings. The fraction of sp³-hybridized carbons (Fsp3) is 0.391. The summed E-state index contributed by atoms with van der Waals surface area (Å²) >= 11 is 0. The van der Waals surface area contributed by atoms with E-state index in [1.54, 1.807) is 17.0 Å². The molecule has 8 heteroatoms. The van der Waals surface area contributed by atoms with E-state index in [0.717, 1.165) is 60.1 Å². The number of esters is 1. The van der Waals surface area contributed by atoms with Crippen molar-refractivity contribution in [3.8, 4) is 0 Å². The summed E-state index contributed by atoms with van der Waals surface area (Å²) in [6, 6.07) is 10.2. The van der Waals surface area contributed by atoms with Gasteiger partial charge in [-0.25, -0.2) is 9.78 Å². The summed E-state index contributed by atoms with van der Waals surface area (Å²) in [5.41, 5.74) is 3.73. The molecule has 1 saturated carbocycles. The highest BCUT2D eigenvalue weighted by Gasteiger charge is 2.29. The Hall–Kier alpha value is -3.42. The number of rotatable bonds is 8. The number of imidazole rings is 2. The number of carbonyl (C=O) groups excluding carboxylic acids is 1. The zero-order chi connectivity index (χ0) is 21.4. The molecule has 0 unspecified atom stereocenters. The van der Waals surface area contributed by atoms with Crippen molar-refractivity contribution in [1.82, 2.24) is 23.7 Å². The van der Waals surface area contributed by atoms with Crippen LogP contribution in [0.2, 0.25) is 0 Å². The number of nitrogens with zero attached hydrogens (tertiary/aromatic N) is 5. The number of unbranched alkanes of at least 4 members (excludes halogenated alkanes) is 1. The first-order valence-corrected chi connectivity index (χ1v) is 10.8. The number of pyridine rings is 1. The molecule has 3 heterocycles. The summed E-state index contributed by atoms with van der Waals surface area (Å²) in [6.45, 7) is 2.97. The number of aromatic nitrogens is 5. The van der Waals surface area contributed by atoms with Crippen molar-refractivity contribution in [1.29, 1.82) is 0 Å². The topological polar surface area (TPSA) is 83.9 Å². The van der Waals surface area contributed by atoms with Crippen LogP contribution in [0.3, 0.4) is 0 Å². The van der Waals surface area contributed by atoms with Gasteiger partial charge in [-0.3, -0.25) is 18.9 Å². The van der Waals surface area contributed by atoms with Crippen LogP contribution in [0.25, 0.3) is 22.1 Å². The molecule has 8 nitrogen and oxygen atoms in total. The van der Waals surface area contributed by atoms with E-state index in [4.69, 9.17) is 9.72 Å². The van der Waals surface area contributed by atoms with Crippen molar-refractivity contribution in [2.24, 2.45) is 0 Å². The Bertz CT molecular complexity index is 1310. The Kier molecular flexibility index (Phi) is 5.05. The van der Waals surface area contributed by atoms with Crippen molar-refractivity contribution >= 4 is 28.0 Å². The lowest BCUT2D eigenvalue weighted by Gasteiger charge is -2.10. The predicted molar refractivity (Wildman–Crippen MR) is 117 cm³/mol. The Balaban J connectivity index is 1.49. The van der Waals surface area contributed by atoms with E-state index in [1.807, 2.05) is 28.8 Å². The summed E-state index contributed by atoms with van der Waals surface area (Å²) in [4.78, 5) is 33.4. The maximum absolute atomic E-state index is 13.3. The number of carbonyl (C=O) groups is 1. The molecule has 1 aliphatic carbocycles. The number of hydrogen-bond donors (Lipinski definition) is 0. The average molecular weight is 419 g/mol. The fourth-order valence-electron chi connectivity index (χ4n) is 4.19. The van der Waals surface area contributed by atoms with E-state index in [1.165, 1.54) is 6.92 Å². The Morgan fingerprint density at radius 2 is 1.94 bits per heavy atom. The lowest BCUT2D eigenvalue weighted by molar-refractivity contribution is -0.141. The minimum atomic E-state index is -0.256. The smallest absolute Gasteiger partial charge is 0.329 e. The van der Waals surface area contributed by atoms with Gasteiger partial charge in [0.1, 0.15) is 5.82 Å². The van der Waals surface area contributed by atoms with Gasteiger partial charge in [0.2, 0.25) is 0 Å². The molecule has 4 aromatic rings. The maximum Gasteiger partial charge on any atom is 0.329 e. The number of aryl methyl sites for hydroxylation is 1. The van der Waals surface area contributed by atoms with Gasteiger partial charge in [-0.2, -0.15) is 0 Å². The molecular weight excluding hydrogens is 394 g/mol. The molecule has 1 fully saturated rings. The van der Waals surface area contributed by atoms with E-state index < -0.39 is 0 Å². The van der Waals surface area contributed by atoms with E-state index in [2.05, 4.69) is 15.6 Å². The van der Waals surface area contributed by atoms with Crippen LogP contribution in [0, 0.1) is 0 Å². The van der Waals surface area contributed by atoms with Crippen LogP contribution in [-0.2, 0) is 22.6 Å². The molecule has 3 aromatic heterocycles. The second-order valence-electron chi connectivity index (χ2n) is 8.05. The number of para-hydroxylation sites is 2. The summed E-state index contributed by atoms with van der Waals surface area (Å²) in [7, 11) is 0. The fourth-order valence-corrected chi connectivity index (χ4v) is 4.19. The van der Waals surface area contributed by atoms with Gasteiger partial charge in [-0.05, 0) is 43.9 Å². The predicted octanol–water partition coefficient (Wildman–Crippen LogP) is 3.27. The standard InChI is InChI=1S/C23H25N5O3/c1-16(29)31-13-5-4-12-26-19-7-3-2-6-18(19)25-22(26)15-27-21-14-24-11-10-20(21)28(23(27)30)17-8-9-17/h2-3,6-7,10-11,14,17H,4-5,8-9,12-13,15H2,1H3. The second-order valence-corrected chi connectivity index (χ2v) is 8.05. The average Bonchev–Trinajstić information content (AvgIpc) is 3.48. The molecule has 5 rings (SSSR count). The summed E-state index contributed by atoms with van der Waals surface area (Å²) in [5.74, 6) is 0.586. The third-order valence-electron chi connectivity index (χ3n) is 5.79. The molecule has 0 bridgehead atoms. The molecule has 0 amide bonds. The van der Waals surface area contributed by atoms with E-state index >= 15 is 0 Å². The van der Waals surface area contributed by atoms with Crippen LogP contribution < -0.4 is 5.69 Å². The number of hydrogen-bond acceptors (Lipinski definition) is 5. The van der Waals surface area contributed by atoms with Gasteiger partial charge in [-0.1, -0.05) is 12.1 Å². The molecule has 160 valence electrons. The van der Waals surface area contributed by atoms with Gasteiger partial charge < -0.3 is 9.30 Å². The highest BCUT2D eigenvalue weighted by atomic mass is 16.5. The van der Waals surface area contributed by atoms with Crippen molar-refractivity contribution in [2.75, 3.05) is 6.61 Å². The Morgan fingerprint density at radius 3 is 2.74 bits per heavy atom. The second kappa shape index (κ2) is 8.02. The largest absolute Gasteiger partial charge is 0.466 e. The number of ether oxygens (including phenoxy) is 1. The molecule has 0 radical (unpaired) electrons. The lowest BCUT2D eigenvalue weighted by atomic mass is 10.3. The van der Waals surface area contributed by atoms with Crippen LogP contribution in [0.4, 0.5) is 0 Å². The summed E-state index contributed by atoms with van der Waals surface area (Å²) in [5, 5.41) is 0. The molecule has 0 N–H and O–H groups in total. The first-order valence-electron chi connectivity index (χ1n) is 10.8. The zero-order valence-electron chi connectivity index (χ0n) is 17.5. The van der Waals surface area contributed by atoms with Crippen LogP contribution in [0.15, 0.2) is 47.5 Å². The third-order valence-corrected chi connectivity index (χ3v) is 5.79. The monoisotopic (exact) mass is 419 g/mol. The van der Waals surface area contributed by atoms with Crippen LogP contribution in [0.5, 0.6) is 0 Å².